The van der Waals surface area contributed by atoms with Crippen molar-refractivity contribution in [3.8, 4) is 0 Å². The summed E-state index contributed by atoms with van der Waals surface area (Å²) >= 11 is 0. The van der Waals surface area contributed by atoms with Gasteiger partial charge < -0.3 is 5.32 Å². The Morgan fingerprint density at radius 1 is 1.38 bits per heavy atom. The number of aromatic nitrogens is 3. The Hall–Kier alpha value is -1.63. The smallest absolute Gasteiger partial charge is 0.340 e. The first-order chi connectivity index (χ1) is 10.1. The van der Waals surface area contributed by atoms with E-state index in [1.807, 2.05) is 0 Å². The Morgan fingerprint density at radius 2 is 2.10 bits per heavy atom. The summed E-state index contributed by atoms with van der Waals surface area (Å²) in [5.41, 5.74) is -0.311. The molecule has 1 fully saturated rings. The molecule has 1 aliphatic rings. The van der Waals surface area contributed by atoms with Gasteiger partial charge in [-0.1, -0.05) is 26.2 Å². The minimum absolute atomic E-state index is 0.0711. The number of nitrogens with zero attached hydrogens (tertiary/aromatic N) is 2. The van der Waals surface area contributed by atoms with E-state index in [0.29, 0.717) is 12.4 Å². The second kappa shape index (κ2) is 6.89. The number of hydrogen-bond acceptors (Lipinski definition) is 4. The molecule has 0 bridgehead atoms. The van der Waals surface area contributed by atoms with Gasteiger partial charge in [-0.25, -0.2) is 9.89 Å². The van der Waals surface area contributed by atoms with E-state index in [4.69, 9.17) is 0 Å². The molecule has 0 unspecified atom stereocenters. The molecule has 0 spiro atoms. The van der Waals surface area contributed by atoms with E-state index in [1.165, 1.54) is 19.3 Å². The molecule has 1 saturated carbocycles. The Bertz CT molecular complexity index is 515. The van der Waals surface area contributed by atoms with E-state index >= 15 is 0 Å². The van der Waals surface area contributed by atoms with Crippen molar-refractivity contribution in [2.45, 2.75) is 51.0 Å². The maximum absolute atomic E-state index is 12.0. The van der Waals surface area contributed by atoms with Gasteiger partial charge in [-0.15, -0.1) is 0 Å². The maximum atomic E-state index is 12.0. The number of amides is 1. The number of aromatic amines is 2. The van der Waals surface area contributed by atoms with Gasteiger partial charge in [-0.05, 0) is 26.4 Å². The van der Waals surface area contributed by atoms with Gasteiger partial charge in [0.1, 0.15) is 5.82 Å². The quantitative estimate of drug-likeness (QED) is 0.708. The number of likely N-dealkylation sites (N-methyl/N-ethyl adjacent to an activating group) is 1. The van der Waals surface area contributed by atoms with Crippen molar-refractivity contribution in [2.24, 2.45) is 0 Å². The van der Waals surface area contributed by atoms with Crippen LogP contribution >= 0.6 is 0 Å². The van der Waals surface area contributed by atoms with Gasteiger partial charge in [0.2, 0.25) is 5.91 Å². The van der Waals surface area contributed by atoms with Crippen LogP contribution in [0.5, 0.6) is 0 Å². The van der Waals surface area contributed by atoms with Crippen molar-refractivity contribution in [1.82, 2.24) is 25.4 Å². The van der Waals surface area contributed by atoms with Crippen LogP contribution in [-0.4, -0.2) is 51.7 Å². The number of H-pyrrole nitrogens is 2. The fourth-order valence-electron chi connectivity index (χ4n) is 3.11. The van der Waals surface area contributed by atoms with Gasteiger partial charge >= 0.3 is 5.69 Å². The molecule has 1 heterocycles. The first-order valence-corrected chi connectivity index (χ1v) is 7.67. The average molecular weight is 295 g/mol. The number of carbonyl (C=O) groups is 1. The third-order valence-corrected chi connectivity index (χ3v) is 4.56. The van der Waals surface area contributed by atoms with Crippen molar-refractivity contribution in [3.05, 3.63) is 16.3 Å². The normalized spacial score (nSPS) is 17.9. The van der Waals surface area contributed by atoms with Crippen LogP contribution in [0, 0.1) is 0 Å². The molecule has 0 atom stereocenters. The first kappa shape index (κ1) is 15.8. The lowest BCUT2D eigenvalue weighted by molar-refractivity contribution is -0.121. The largest absolute Gasteiger partial charge is 0.354 e. The fraction of sp³-hybridized carbons (Fsp3) is 0.786. The van der Waals surface area contributed by atoms with Gasteiger partial charge in [-0.3, -0.25) is 14.7 Å². The van der Waals surface area contributed by atoms with Crippen LogP contribution in [0.15, 0.2) is 4.79 Å². The summed E-state index contributed by atoms with van der Waals surface area (Å²) in [6.07, 6.45) is 6.06. The van der Waals surface area contributed by atoms with Gasteiger partial charge in [0, 0.05) is 12.1 Å². The predicted molar refractivity (Wildman–Crippen MR) is 80.0 cm³/mol. The Kier molecular flexibility index (Phi) is 5.17. The molecule has 21 heavy (non-hydrogen) atoms. The molecule has 0 radical (unpaired) electrons. The highest BCUT2D eigenvalue weighted by atomic mass is 16.2. The molecule has 7 nitrogen and oxygen atoms in total. The zero-order valence-corrected chi connectivity index (χ0v) is 12.9. The lowest BCUT2D eigenvalue weighted by atomic mass is 9.80. The van der Waals surface area contributed by atoms with Gasteiger partial charge in [0.25, 0.3) is 0 Å². The average Bonchev–Trinajstić information content (AvgIpc) is 2.90. The van der Waals surface area contributed by atoms with Crippen molar-refractivity contribution >= 4 is 5.91 Å². The molecule has 0 aliphatic heterocycles. The van der Waals surface area contributed by atoms with Crippen molar-refractivity contribution in [3.63, 3.8) is 0 Å². The molecule has 118 valence electrons. The van der Waals surface area contributed by atoms with Crippen LogP contribution in [0.3, 0.4) is 0 Å². The van der Waals surface area contributed by atoms with Crippen molar-refractivity contribution < 1.29 is 4.79 Å². The molecular weight excluding hydrogens is 270 g/mol. The highest BCUT2D eigenvalue weighted by molar-refractivity contribution is 5.77. The molecule has 0 saturated heterocycles. The minimum atomic E-state index is -0.382. The number of nitrogens with one attached hydrogen (secondary N) is 3. The Balaban J connectivity index is 1.91. The Labute approximate surface area is 124 Å². The summed E-state index contributed by atoms with van der Waals surface area (Å²) in [5, 5.41) is 9.03. The second-order valence-electron chi connectivity index (χ2n) is 5.88. The Morgan fingerprint density at radius 3 is 2.67 bits per heavy atom. The molecule has 0 aromatic carbocycles. The highest BCUT2D eigenvalue weighted by Gasteiger charge is 2.35. The summed E-state index contributed by atoms with van der Waals surface area (Å²) in [6, 6.07) is 0. The van der Waals surface area contributed by atoms with Gasteiger partial charge in [-0.2, -0.15) is 5.10 Å². The number of hydrogen-bond donors (Lipinski definition) is 3. The predicted octanol–water partition coefficient (Wildman–Crippen LogP) is 0.411. The molecule has 1 amide bonds. The summed E-state index contributed by atoms with van der Waals surface area (Å²) in [5.74, 6) is 0.270. The molecule has 7 heteroatoms. The lowest BCUT2D eigenvalue weighted by Crippen LogP contribution is -2.55. The van der Waals surface area contributed by atoms with E-state index in [2.05, 4.69) is 39.4 Å². The van der Waals surface area contributed by atoms with Gasteiger partial charge in [0.05, 0.1) is 6.42 Å². The topological polar surface area (TPSA) is 93.9 Å². The molecule has 1 aromatic heterocycles. The molecular formula is C14H25N5O2. The van der Waals surface area contributed by atoms with Crippen LogP contribution < -0.4 is 11.0 Å². The minimum Gasteiger partial charge on any atom is -0.354 e. The third kappa shape index (κ3) is 3.93. The maximum Gasteiger partial charge on any atom is 0.340 e. The van der Waals surface area contributed by atoms with E-state index in [0.717, 1.165) is 19.4 Å². The van der Waals surface area contributed by atoms with Crippen molar-refractivity contribution in [2.75, 3.05) is 20.1 Å². The van der Waals surface area contributed by atoms with E-state index in [9.17, 15) is 9.59 Å². The molecule has 1 aromatic rings. The summed E-state index contributed by atoms with van der Waals surface area (Å²) in [6.45, 7) is 3.78. The lowest BCUT2D eigenvalue weighted by Gasteiger charge is -2.44. The van der Waals surface area contributed by atoms with Crippen molar-refractivity contribution in [1.29, 1.82) is 0 Å². The highest BCUT2D eigenvalue weighted by Crippen LogP contribution is 2.32. The zero-order chi connectivity index (χ0) is 15.3. The van der Waals surface area contributed by atoms with Crippen LogP contribution in [0.2, 0.25) is 0 Å². The van der Waals surface area contributed by atoms with E-state index in [-0.39, 0.29) is 23.6 Å². The SMILES string of the molecule is CCN(C)C1(CNC(=O)Cc2n[nH]c(=O)[nH]2)CCCCC1. The number of carbonyl (C=O) groups excluding carboxylic acids is 1. The standard InChI is InChI=1S/C14H25N5O2/c1-3-19(2)14(7-5-4-6-8-14)10-15-12(20)9-11-16-13(21)18-17-11/h3-10H2,1-2H3,(H,15,20)(H2,16,17,18,21). The van der Waals surface area contributed by atoms with Gasteiger partial charge in [0.15, 0.2) is 0 Å². The summed E-state index contributed by atoms with van der Waals surface area (Å²) in [4.78, 5) is 27.8. The van der Waals surface area contributed by atoms with Crippen LogP contribution in [-0.2, 0) is 11.2 Å². The van der Waals surface area contributed by atoms with Crippen LogP contribution in [0.1, 0.15) is 44.9 Å². The zero-order valence-electron chi connectivity index (χ0n) is 12.9. The second-order valence-corrected chi connectivity index (χ2v) is 5.88. The molecule has 3 N–H and O–H groups in total. The van der Waals surface area contributed by atoms with E-state index < -0.39 is 0 Å². The number of rotatable bonds is 6. The van der Waals surface area contributed by atoms with E-state index in [1.54, 1.807) is 0 Å². The first-order valence-electron chi connectivity index (χ1n) is 7.67. The fourth-order valence-corrected chi connectivity index (χ4v) is 3.11. The third-order valence-electron chi connectivity index (χ3n) is 4.56. The van der Waals surface area contributed by atoms with Crippen LogP contribution in [0.4, 0.5) is 0 Å². The molecule has 2 rings (SSSR count). The van der Waals surface area contributed by atoms with Crippen LogP contribution in [0.25, 0.3) is 0 Å². The summed E-state index contributed by atoms with van der Waals surface area (Å²) in [7, 11) is 2.13. The monoisotopic (exact) mass is 295 g/mol. The summed E-state index contributed by atoms with van der Waals surface area (Å²) < 4.78 is 0. The molecule has 1 aliphatic carbocycles.